The molecule has 3 aliphatic rings. The van der Waals surface area contributed by atoms with Crippen LogP contribution in [0, 0.1) is 5.41 Å². The number of carbonyl (C=O) groups excluding carboxylic acids is 1. The molecule has 0 aromatic heterocycles. The first-order valence-electron chi connectivity index (χ1n) is 12.4. The lowest BCUT2D eigenvalue weighted by Crippen LogP contribution is -2.41. The summed E-state index contributed by atoms with van der Waals surface area (Å²) in [5.74, 6) is 0.335. The number of esters is 1. The molecule has 1 fully saturated rings. The lowest BCUT2D eigenvalue weighted by atomic mass is 9.72. The number of hydrogen-bond acceptors (Lipinski definition) is 7. The van der Waals surface area contributed by atoms with Gasteiger partial charge in [-0.2, -0.15) is 0 Å². The van der Waals surface area contributed by atoms with Gasteiger partial charge < -0.3 is 18.5 Å². The Hall–Kier alpha value is -3.49. The fraction of sp³-hybridized carbons (Fsp3) is 0.345. The van der Waals surface area contributed by atoms with E-state index in [9.17, 15) is 9.59 Å². The molecule has 0 unspecified atom stereocenters. The van der Waals surface area contributed by atoms with E-state index in [0.29, 0.717) is 34.7 Å². The van der Waals surface area contributed by atoms with Gasteiger partial charge in [-0.05, 0) is 83.3 Å². The van der Waals surface area contributed by atoms with Crippen LogP contribution in [-0.4, -0.2) is 29.3 Å². The molecule has 0 amide bonds. The number of carbonyl (C=O) groups is 1. The second-order valence-electron chi connectivity index (χ2n) is 11.2. The van der Waals surface area contributed by atoms with Crippen LogP contribution in [-0.2, 0) is 20.5 Å². The van der Waals surface area contributed by atoms with E-state index >= 15 is 0 Å². The van der Waals surface area contributed by atoms with Gasteiger partial charge in [-0.1, -0.05) is 24.3 Å². The maximum atomic E-state index is 13.3. The number of hydrogen-bond donors (Lipinski definition) is 0. The molecule has 37 heavy (non-hydrogen) atoms. The molecule has 2 heterocycles. The molecule has 2 aromatic rings. The minimum atomic E-state index is -0.842. The van der Waals surface area contributed by atoms with E-state index in [1.165, 1.54) is 12.1 Å². The SMILES string of the molecule is CC(C)(Cc1ccccc1B1OC(C)(C)C(C)(C)O1)C(=O)Oc1ccc2nc3ccc(=O)cc-3oc2c1. The fourth-order valence-corrected chi connectivity index (χ4v) is 4.34. The summed E-state index contributed by atoms with van der Waals surface area (Å²) in [6.07, 6.45) is 0.433. The van der Waals surface area contributed by atoms with Gasteiger partial charge in [0.1, 0.15) is 17.0 Å². The average Bonchev–Trinajstić information content (AvgIpc) is 3.04. The molecule has 8 heteroatoms. The molecule has 0 atom stereocenters. The van der Waals surface area contributed by atoms with Crippen molar-refractivity contribution in [3.05, 3.63) is 76.5 Å². The standard InChI is InChI=1S/C29H30BNO6/c1-27(2,17-18-9-7-8-10-21(18)30-36-28(3,4)29(5,6)37-30)26(33)34-20-12-14-23-25(16-20)35-24-15-19(32)11-13-22(24)31-23/h7-16H,17H2,1-6H3. The van der Waals surface area contributed by atoms with Crippen molar-refractivity contribution in [3.8, 4) is 17.2 Å². The topological polar surface area (TPSA) is 87.9 Å². The first-order chi connectivity index (χ1) is 17.3. The van der Waals surface area contributed by atoms with E-state index in [-0.39, 0.29) is 11.4 Å². The van der Waals surface area contributed by atoms with Gasteiger partial charge >= 0.3 is 13.1 Å². The molecule has 0 radical (unpaired) electrons. The molecule has 1 aliphatic carbocycles. The van der Waals surface area contributed by atoms with E-state index in [2.05, 4.69) is 4.98 Å². The Morgan fingerprint density at radius 1 is 0.973 bits per heavy atom. The monoisotopic (exact) mass is 499 g/mol. The minimum Gasteiger partial charge on any atom is -0.453 e. The molecule has 7 nitrogen and oxygen atoms in total. The van der Waals surface area contributed by atoms with Crippen molar-refractivity contribution >= 4 is 29.7 Å². The Balaban J connectivity index is 1.37. The summed E-state index contributed by atoms with van der Waals surface area (Å²) in [5, 5.41) is 0. The number of rotatable bonds is 5. The lowest BCUT2D eigenvalue weighted by molar-refractivity contribution is -0.143. The van der Waals surface area contributed by atoms with Crippen LogP contribution < -0.4 is 15.6 Å². The summed E-state index contributed by atoms with van der Waals surface area (Å²) in [6, 6.07) is 17.4. The van der Waals surface area contributed by atoms with Crippen molar-refractivity contribution in [1.82, 2.24) is 4.98 Å². The normalized spacial score (nSPS) is 16.9. The van der Waals surface area contributed by atoms with E-state index in [4.69, 9.17) is 18.5 Å². The van der Waals surface area contributed by atoms with Crippen LogP contribution in [0.1, 0.15) is 47.1 Å². The van der Waals surface area contributed by atoms with Gasteiger partial charge in [-0.25, -0.2) is 4.98 Å². The van der Waals surface area contributed by atoms with E-state index in [1.54, 1.807) is 24.3 Å². The molecule has 190 valence electrons. The molecule has 2 aromatic carbocycles. The van der Waals surface area contributed by atoms with Gasteiger partial charge in [0.25, 0.3) is 0 Å². The van der Waals surface area contributed by atoms with Gasteiger partial charge in [0.2, 0.25) is 0 Å². The van der Waals surface area contributed by atoms with Crippen molar-refractivity contribution in [2.24, 2.45) is 5.41 Å². The quantitative estimate of drug-likeness (QED) is 0.169. The van der Waals surface area contributed by atoms with Crippen LogP contribution in [0.15, 0.2) is 69.9 Å². The third-order valence-electron chi connectivity index (χ3n) is 7.28. The van der Waals surface area contributed by atoms with Crippen molar-refractivity contribution < 1.29 is 23.3 Å². The summed E-state index contributed by atoms with van der Waals surface area (Å²) in [5.41, 5.74) is 1.54. The summed E-state index contributed by atoms with van der Waals surface area (Å²) in [7, 11) is -0.521. The molecule has 0 N–H and O–H groups in total. The predicted octanol–water partition coefficient (Wildman–Crippen LogP) is 4.77. The van der Waals surface area contributed by atoms with Crippen LogP contribution in [0.4, 0.5) is 0 Å². The van der Waals surface area contributed by atoms with Crippen molar-refractivity contribution in [1.29, 1.82) is 0 Å². The van der Waals surface area contributed by atoms with E-state index in [1.807, 2.05) is 65.8 Å². The Bertz CT molecular complexity index is 1510. The van der Waals surface area contributed by atoms with Crippen molar-refractivity contribution in [2.75, 3.05) is 0 Å². The van der Waals surface area contributed by atoms with Gasteiger partial charge in [0.15, 0.2) is 16.8 Å². The zero-order chi connectivity index (χ0) is 26.6. The highest BCUT2D eigenvalue weighted by Gasteiger charge is 2.52. The number of fused-ring (bicyclic) bond motifs is 2. The molecular formula is C29H30BNO6. The summed E-state index contributed by atoms with van der Waals surface area (Å²) in [6.45, 7) is 11.8. The minimum absolute atomic E-state index is 0.164. The van der Waals surface area contributed by atoms with E-state index < -0.39 is 23.7 Å². The molecule has 2 aliphatic heterocycles. The van der Waals surface area contributed by atoms with E-state index in [0.717, 1.165) is 11.0 Å². The average molecular weight is 499 g/mol. The first-order valence-corrected chi connectivity index (χ1v) is 12.4. The smallest absolute Gasteiger partial charge is 0.453 e. The highest BCUT2D eigenvalue weighted by Crippen LogP contribution is 2.37. The molecule has 0 spiro atoms. The second-order valence-corrected chi connectivity index (χ2v) is 11.2. The number of aromatic nitrogens is 1. The molecule has 0 bridgehead atoms. The largest absolute Gasteiger partial charge is 0.495 e. The maximum Gasteiger partial charge on any atom is 0.495 e. The fourth-order valence-electron chi connectivity index (χ4n) is 4.34. The molecular weight excluding hydrogens is 469 g/mol. The van der Waals surface area contributed by atoms with Crippen LogP contribution in [0.5, 0.6) is 5.75 Å². The van der Waals surface area contributed by atoms with Gasteiger partial charge in [0, 0.05) is 12.1 Å². The number of nitrogens with zero attached hydrogens (tertiary/aromatic N) is 1. The van der Waals surface area contributed by atoms with Crippen LogP contribution >= 0.6 is 0 Å². The van der Waals surface area contributed by atoms with Crippen LogP contribution in [0.25, 0.3) is 22.6 Å². The van der Waals surface area contributed by atoms with Gasteiger partial charge in [-0.15, -0.1) is 0 Å². The first kappa shape index (κ1) is 25.2. The van der Waals surface area contributed by atoms with Gasteiger partial charge in [-0.3, -0.25) is 9.59 Å². The Labute approximate surface area is 216 Å². The Morgan fingerprint density at radius 3 is 2.41 bits per heavy atom. The Kier molecular flexibility index (Phi) is 6.00. The predicted molar refractivity (Wildman–Crippen MR) is 142 cm³/mol. The zero-order valence-electron chi connectivity index (χ0n) is 22.0. The highest BCUT2D eigenvalue weighted by molar-refractivity contribution is 6.62. The van der Waals surface area contributed by atoms with Crippen molar-refractivity contribution in [3.63, 3.8) is 0 Å². The van der Waals surface area contributed by atoms with Crippen LogP contribution in [0.2, 0.25) is 0 Å². The molecule has 1 saturated heterocycles. The summed E-state index contributed by atoms with van der Waals surface area (Å²) >= 11 is 0. The van der Waals surface area contributed by atoms with Gasteiger partial charge in [0.05, 0.1) is 16.6 Å². The third kappa shape index (κ3) is 4.79. The Morgan fingerprint density at radius 2 is 1.68 bits per heavy atom. The number of benzene rings is 3. The molecule has 0 saturated carbocycles. The summed E-state index contributed by atoms with van der Waals surface area (Å²) < 4.78 is 24.2. The highest BCUT2D eigenvalue weighted by atomic mass is 16.7. The third-order valence-corrected chi connectivity index (χ3v) is 7.28. The lowest BCUT2D eigenvalue weighted by Gasteiger charge is -2.32. The number of ether oxygens (including phenoxy) is 1. The molecule has 5 rings (SSSR count). The second kappa shape index (κ2) is 8.82. The van der Waals surface area contributed by atoms with Crippen molar-refractivity contribution in [2.45, 2.75) is 59.2 Å². The van der Waals surface area contributed by atoms with Crippen LogP contribution in [0.3, 0.4) is 0 Å². The zero-order valence-corrected chi connectivity index (χ0v) is 22.0. The summed E-state index contributed by atoms with van der Waals surface area (Å²) in [4.78, 5) is 29.5. The maximum absolute atomic E-state index is 13.3.